The number of hydrogen-bond acceptors (Lipinski definition) is 5. The van der Waals surface area contributed by atoms with Crippen molar-refractivity contribution in [3.63, 3.8) is 0 Å². The summed E-state index contributed by atoms with van der Waals surface area (Å²) in [6.07, 6.45) is 1.16. The molecule has 2 amide bonds. The van der Waals surface area contributed by atoms with Crippen molar-refractivity contribution in [1.29, 1.82) is 0 Å². The minimum absolute atomic E-state index is 0.0964. The van der Waals surface area contributed by atoms with E-state index in [-0.39, 0.29) is 17.1 Å². The lowest BCUT2D eigenvalue weighted by atomic mass is 10.2. The summed E-state index contributed by atoms with van der Waals surface area (Å²) in [5.74, 6) is -2.11. The molecular weight excluding hydrogens is 286 g/mol. The van der Waals surface area contributed by atoms with Gasteiger partial charge in [-0.2, -0.15) is 5.10 Å². The molecule has 0 aliphatic carbocycles. The third kappa shape index (κ3) is 4.07. The minimum atomic E-state index is -0.946. The zero-order valence-electron chi connectivity index (χ0n) is 11.4. The average Bonchev–Trinajstić information content (AvgIpc) is 2.50. The number of phenols is 2. The molecule has 22 heavy (non-hydrogen) atoms. The first kappa shape index (κ1) is 15.0. The number of carbonyl (C=O) groups excluding carboxylic acids is 2. The molecule has 2 aromatic carbocycles. The van der Waals surface area contributed by atoms with Gasteiger partial charge in [0.2, 0.25) is 0 Å². The molecule has 2 aromatic rings. The molecule has 0 saturated heterocycles. The Morgan fingerprint density at radius 3 is 2.41 bits per heavy atom. The number of hydrogen-bond donors (Lipinski definition) is 4. The number of carbonyl (C=O) groups is 2. The molecule has 0 aromatic heterocycles. The molecule has 0 fully saturated rings. The van der Waals surface area contributed by atoms with Crippen LogP contribution in [0.5, 0.6) is 11.5 Å². The fourth-order valence-corrected chi connectivity index (χ4v) is 1.56. The maximum Gasteiger partial charge on any atom is 0.329 e. The second-order valence-electron chi connectivity index (χ2n) is 4.26. The molecule has 7 heteroatoms. The van der Waals surface area contributed by atoms with Gasteiger partial charge < -0.3 is 15.5 Å². The Bertz CT molecular complexity index is 714. The van der Waals surface area contributed by atoms with Gasteiger partial charge in [-0.05, 0) is 24.3 Å². The van der Waals surface area contributed by atoms with Crippen LogP contribution in [0.2, 0.25) is 0 Å². The van der Waals surface area contributed by atoms with Gasteiger partial charge >= 0.3 is 11.8 Å². The number of para-hydroxylation sites is 1. The molecular formula is C15H13N3O4. The van der Waals surface area contributed by atoms with Crippen molar-refractivity contribution in [2.75, 3.05) is 5.32 Å². The fourth-order valence-electron chi connectivity index (χ4n) is 1.56. The molecule has 0 aliphatic rings. The van der Waals surface area contributed by atoms with Crippen molar-refractivity contribution in [3.05, 3.63) is 54.1 Å². The van der Waals surface area contributed by atoms with E-state index < -0.39 is 11.8 Å². The normalized spacial score (nSPS) is 10.4. The van der Waals surface area contributed by atoms with E-state index in [1.165, 1.54) is 12.1 Å². The van der Waals surface area contributed by atoms with Crippen LogP contribution in [0, 0.1) is 0 Å². The van der Waals surface area contributed by atoms with Gasteiger partial charge in [0.05, 0.1) is 6.21 Å². The molecule has 0 atom stereocenters. The summed E-state index contributed by atoms with van der Waals surface area (Å²) in [6.45, 7) is 0. The predicted molar refractivity (Wildman–Crippen MR) is 80.6 cm³/mol. The summed E-state index contributed by atoms with van der Waals surface area (Å²) >= 11 is 0. The first-order valence-electron chi connectivity index (χ1n) is 6.27. The highest BCUT2D eigenvalue weighted by Crippen LogP contribution is 2.20. The van der Waals surface area contributed by atoms with E-state index in [0.29, 0.717) is 5.69 Å². The van der Waals surface area contributed by atoms with Gasteiger partial charge in [0, 0.05) is 17.3 Å². The number of nitrogens with zero attached hydrogens (tertiary/aromatic N) is 1. The lowest BCUT2D eigenvalue weighted by Crippen LogP contribution is -2.32. The fraction of sp³-hybridized carbons (Fsp3) is 0. The molecule has 0 aliphatic heterocycles. The summed E-state index contributed by atoms with van der Waals surface area (Å²) in [4.78, 5) is 23.1. The predicted octanol–water partition coefficient (Wildman–Crippen LogP) is 1.19. The zero-order valence-corrected chi connectivity index (χ0v) is 11.4. The number of anilines is 1. The lowest BCUT2D eigenvalue weighted by Gasteiger charge is -2.03. The number of benzene rings is 2. The molecule has 0 spiro atoms. The van der Waals surface area contributed by atoms with Crippen molar-refractivity contribution < 1.29 is 19.8 Å². The molecule has 112 valence electrons. The number of phenolic OH excluding ortho intramolecular Hbond substituents is 2. The van der Waals surface area contributed by atoms with E-state index in [1.807, 2.05) is 5.43 Å². The van der Waals surface area contributed by atoms with Gasteiger partial charge in [-0.25, -0.2) is 5.43 Å². The van der Waals surface area contributed by atoms with Crippen LogP contribution in [0.1, 0.15) is 5.56 Å². The van der Waals surface area contributed by atoms with Crippen LogP contribution in [-0.4, -0.2) is 28.2 Å². The molecule has 0 heterocycles. The van der Waals surface area contributed by atoms with Crippen molar-refractivity contribution in [3.8, 4) is 11.5 Å². The van der Waals surface area contributed by atoms with Crippen LogP contribution in [0.3, 0.4) is 0 Å². The van der Waals surface area contributed by atoms with Crippen molar-refractivity contribution in [2.45, 2.75) is 0 Å². The van der Waals surface area contributed by atoms with Gasteiger partial charge in [-0.1, -0.05) is 18.2 Å². The van der Waals surface area contributed by atoms with Gasteiger partial charge in [0.15, 0.2) is 0 Å². The topological polar surface area (TPSA) is 111 Å². The molecule has 2 rings (SSSR count). The maximum atomic E-state index is 11.6. The highest BCUT2D eigenvalue weighted by atomic mass is 16.3. The lowest BCUT2D eigenvalue weighted by molar-refractivity contribution is -0.136. The minimum Gasteiger partial charge on any atom is -0.508 e. The molecule has 7 nitrogen and oxygen atoms in total. The van der Waals surface area contributed by atoms with Crippen molar-refractivity contribution >= 4 is 23.7 Å². The highest BCUT2D eigenvalue weighted by molar-refractivity contribution is 6.39. The first-order chi connectivity index (χ1) is 10.6. The van der Waals surface area contributed by atoms with Gasteiger partial charge in [-0.3, -0.25) is 9.59 Å². The van der Waals surface area contributed by atoms with E-state index in [9.17, 15) is 14.7 Å². The number of nitrogens with one attached hydrogen (secondary N) is 2. The van der Waals surface area contributed by atoms with Gasteiger partial charge in [0.25, 0.3) is 0 Å². The van der Waals surface area contributed by atoms with E-state index >= 15 is 0 Å². The second-order valence-corrected chi connectivity index (χ2v) is 4.26. The van der Waals surface area contributed by atoms with Gasteiger partial charge in [0.1, 0.15) is 11.5 Å². The zero-order chi connectivity index (χ0) is 15.9. The molecule has 4 N–H and O–H groups in total. The Balaban J connectivity index is 1.92. The van der Waals surface area contributed by atoms with Crippen LogP contribution in [0.15, 0.2) is 53.6 Å². The summed E-state index contributed by atoms with van der Waals surface area (Å²) in [5, 5.41) is 24.6. The van der Waals surface area contributed by atoms with E-state index in [2.05, 4.69) is 10.4 Å². The van der Waals surface area contributed by atoms with Crippen LogP contribution in [0.25, 0.3) is 0 Å². The van der Waals surface area contributed by atoms with Crippen LogP contribution in [0.4, 0.5) is 5.69 Å². The van der Waals surface area contributed by atoms with E-state index in [4.69, 9.17) is 5.11 Å². The first-order valence-corrected chi connectivity index (χ1v) is 6.27. The van der Waals surface area contributed by atoms with Crippen molar-refractivity contribution in [2.24, 2.45) is 5.10 Å². The average molecular weight is 299 g/mol. The largest absolute Gasteiger partial charge is 0.508 e. The maximum absolute atomic E-state index is 11.6. The summed E-state index contributed by atoms with van der Waals surface area (Å²) < 4.78 is 0. The summed E-state index contributed by atoms with van der Waals surface area (Å²) in [6, 6.07) is 12.4. The quantitative estimate of drug-likeness (QED) is 0.387. The highest BCUT2D eigenvalue weighted by Gasteiger charge is 2.12. The van der Waals surface area contributed by atoms with Crippen LogP contribution >= 0.6 is 0 Å². The second kappa shape index (κ2) is 6.89. The third-order valence-corrected chi connectivity index (χ3v) is 2.62. The smallest absolute Gasteiger partial charge is 0.329 e. The number of aromatic hydroxyl groups is 2. The Kier molecular flexibility index (Phi) is 4.71. The van der Waals surface area contributed by atoms with E-state index in [0.717, 1.165) is 12.3 Å². The summed E-state index contributed by atoms with van der Waals surface area (Å²) in [7, 11) is 0. The Labute approximate surface area is 125 Å². The summed E-state index contributed by atoms with van der Waals surface area (Å²) in [5.41, 5.74) is 2.81. The molecule has 0 bridgehead atoms. The number of amides is 2. The third-order valence-electron chi connectivity index (χ3n) is 2.62. The van der Waals surface area contributed by atoms with Crippen molar-refractivity contribution in [1.82, 2.24) is 5.43 Å². The molecule has 0 radical (unpaired) electrons. The number of rotatable bonds is 3. The molecule has 0 unspecified atom stereocenters. The Morgan fingerprint density at radius 2 is 1.73 bits per heavy atom. The van der Waals surface area contributed by atoms with E-state index in [1.54, 1.807) is 30.3 Å². The Hall–Kier alpha value is -3.35. The SMILES string of the molecule is O=C(N/N=C\c1ccc(O)cc1O)C(=O)Nc1ccccc1. The Morgan fingerprint density at radius 1 is 1.00 bits per heavy atom. The number of hydrazone groups is 1. The molecule has 0 saturated carbocycles. The van der Waals surface area contributed by atoms with Gasteiger partial charge in [-0.15, -0.1) is 0 Å². The monoisotopic (exact) mass is 299 g/mol. The van der Waals surface area contributed by atoms with Crippen LogP contribution in [-0.2, 0) is 9.59 Å². The standard InChI is InChI=1S/C15H13N3O4/c19-12-7-6-10(13(20)8-12)9-16-18-15(22)14(21)17-11-4-2-1-3-5-11/h1-9,19-20H,(H,17,21)(H,18,22)/b16-9-. The van der Waals surface area contributed by atoms with Crippen LogP contribution < -0.4 is 10.7 Å².